The molecule has 0 spiro atoms. The van der Waals surface area contributed by atoms with Crippen molar-refractivity contribution in [1.82, 2.24) is 0 Å². The Bertz CT molecular complexity index is 667. The maximum atomic E-state index is 6.06. The van der Waals surface area contributed by atoms with Crippen molar-refractivity contribution in [1.29, 1.82) is 0 Å². The van der Waals surface area contributed by atoms with Crippen LogP contribution < -0.4 is 19.9 Å². The molecule has 1 aliphatic heterocycles. The number of nitrogens with two attached hydrogens (primary N) is 1. The lowest BCUT2D eigenvalue weighted by Crippen LogP contribution is -2.16. The van der Waals surface area contributed by atoms with Crippen LogP contribution in [0.1, 0.15) is 16.7 Å². The molecule has 1 aliphatic rings. The summed E-state index contributed by atoms with van der Waals surface area (Å²) in [5, 5.41) is 0. The number of ether oxygens (including phenoxy) is 3. The lowest BCUT2D eigenvalue weighted by Gasteiger charge is -2.20. The van der Waals surface area contributed by atoms with Gasteiger partial charge < -0.3 is 19.9 Å². The Morgan fingerprint density at radius 1 is 1.05 bits per heavy atom. The van der Waals surface area contributed by atoms with Gasteiger partial charge in [-0.2, -0.15) is 0 Å². The van der Waals surface area contributed by atoms with Crippen LogP contribution in [0.3, 0.4) is 0 Å². The molecule has 0 atom stereocenters. The van der Waals surface area contributed by atoms with Crippen LogP contribution in [0.5, 0.6) is 17.2 Å². The minimum atomic E-state index is 0.409. The van der Waals surface area contributed by atoms with Crippen LogP contribution in [0, 0.1) is 13.8 Å². The average Bonchev–Trinajstić information content (AvgIpc) is 2.48. The number of nitrogen functional groups attached to an aromatic ring is 1. The molecule has 2 N–H and O–H groups in total. The molecular formula is C17H19NO3. The van der Waals surface area contributed by atoms with Gasteiger partial charge in [-0.3, -0.25) is 0 Å². The molecule has 0 bridgehead atoms. The summed E-state index contributed by atoms with van der Waals surface area (Å²) in [6.07, 6.45) is 0. The van der Waals surface area contributed by atoms with Gasteiger partial charge in [-0.1, -0.05) is 12.1 Å². The Morgan fingerprint density at radius 2 is 1.76 bits per heavy atom. The number of hydrogen-bond donors (Lipinski definition) is 1. The predicted molar refractivity (Wildman–Crippen MR) is 82.1 cm³/mol. The molecule has 4 nitrogen and oxygen atoms in total. The predicted octanol–water partition coefficient (Wildman–Crippen LogP) is 3.24. The Labute approximate surface area is 124 Å². The number of aryl methyl sites for hydroxylation is 2. The molecule has 2 aromatic rings. The second-order valence-corrected chi connectivity index (χ2v) is 5.25. The van der Waals surface area contributed by atoms with Gasteiger partial charge in [0.2, 0.25) is 0 Å². The third-order valence-electron chi connectivity index (χ3n) is 3.53. The molecule has 0 radical (unpaired) electrons. The first kappa shape index (κ1) is 13.6. The number of hydrogen-bond acceptors (Lipinski definition) is 4. The van der Waals surface area contributed by atoms with E-state index in [-0.39, 0.29) is 0 Å². The molecule has 0 aliphatic carbocycles. The second kappa shape index (κ2) is 5.56. The van der Waals surface area contributed by atoms with E-state index < -0.39 is 0 Å². The van der Waals surface area contributed by atoms with Crippen molar-refractivity contribution in [2.45, 2.75) is 20.5 Å². The van der Waals surface area contributed by atoms with Crippen LogP contribution in [-0.4, -0.2) is 13.2 Å². The van der Waals surface area contributed by atoms with E-state index in [0.717, 1.165) is 22.6 Å². The standard InChI is InChI=1S/C17H19NO3/c1-11-3-4-12(2)15(7-11)21-10-13-8-16-17(9-14(13)18)20-6-5-19-16/h3-4,7-9H,5-6,10,18H2,1-2H3. The molecule has 0 fully saturated rings. The molecule has 0 unspecified atom stereocenters. The molecule has 0 saturated heterocycles. The van der Waals surface area contributed by atoms with Gasteiger partial charge in [0, 0.05) is 17.3 Å². The van der Waals surface area contributed by atoms with E-state index in [2.05, 4.69) is 12.1 Å². The molecule has 0 saturated carbocycles. The summed E-state index contributed by atoms with van der Waals surface area (Å²) in [7, 11) is 0. The number of anilines is 1. The summed E-state index contributed by atoms with van der Waals surface area (Å²) in [4.78, 5) is 0. The first-order valence-electron chi connectivity index (χ1n) is 7.01. The van der Waals surface area contributed by atoms with Gasteiger partial charge in [-0.15, -0.1) is 0 Å². The third-order valence-corrected chi connectivity index (χ3v) is 3.53. The fourth-order valence-electron chi connectivity index (χ4n) is 2.29. The van der Waals surface area contributed by atoms with Crippen LogP contribution in [0.4, 0.5) is 5.69 Å². The number of rotatable bonds is 3. The fourth-order valence-corrected chi connectivity index (χ4v) is 2.29. The summed E-state index contributed by atoms with van der Waals surface area (Å²) < 4.78 is 17.0. The summed E-state index contributed by atoms with van der Waals surface area (Å²) in [6.45, 7) is 5.61. The Balaban J connectivity index is 1.80. The highest BCUT2D eigenvalue weighted by atomic mass is 16.6. The van der Waals surface area contributed by atoms with Gasteiger partial charge in [0.05, 0.1) is 0 Å². The molecule has 1 heterocycles. The van der Waals surface area contributed by atoms with Gasteiger partial charge in [0.1, 0.15) is 25.6 Å². The zero-order valence-electron chi connectivity index (χ0n) is 12.3. The summed E-state index contributed by atoms with van der Waals surface area (Å²) in [5.41, 5.74) is 9.90. The molecule has 2 aromatic carbocycles. The minimum Gasteiger partial charge on any atom is -0.489 e. The second-order valence-electron chi connectivity index (χ2n) is 5.25. The molecular weight excluding hydrogens is 266 g/mol. The van der Waals surface area contributed by atoms with Crippen molar-refractivity contribution < 1.29 is 14.2 Å². The first-order valence-corrected chi connectivity index (χ1v) is 7.01. The van der Waals surface area contributed by atoms with E-state index in [1.54, 1.807) is 6.07 Å². The van der Waals surface area contributed by atoms with Crippen LogP contribution in [0.25, 0.3) is 0 Å². The van der Waals surface area contributed by atoms with Crippen LogP contribution in [0.2, 0.25) is 0 Å². The largest absolute Gasteiger partial charge is 0.489 e. The first-order chi connectivity index (χ1) is 10.1. The molecule has 21 heavy (non-hydrogen) atoms. The molecule has 110 valence electrons. The minimum absolute atomic E-state index is 0.409. The van der Waals surface area contributed by atoms with Gasteiger partial charge in [0.15, 0.2) is 11.5 Å². The molecule has 0 aromatic heterocycles. The third kappa shape index (κ3) is 2.89. The van der Waals surface area contributed by atoms with Crippen molar-refractivity contribution in [2.24, 2.45) is 0 Å². The maximum Gasteiger partial charge on any atom is 0.163 e. The number of benzene rings is 2. The SMILES string of the molecule is Cc1ccc(C)c(OCc2cc3c(cc2N)OCCO3)c1. The maximum absolute atomic E-state index is 6.06. The van der Waals surface area contributed by atoms with Crippen molar-refractivity contribution in [3.05, 3.63) is 47.0 Å². The Kier molecular flexibility index (Phi) is 3.60. The highest BCUT2D eigenvalue weighted by Crippen LogP contribution is 2.35. The fraction of sp³-hybridized carbons (Fsp3) is 0.294. The quantitative estimate of drug-likeness (QED) is 0.880. The van der Waals surface area contributed by atoms with E-state index >= 15 is 0 Å². The normalized spacial score (nSPS) is 13.0. The summed E-state index contributed by atoms with van der Waals surface area (Å²) in [6, 6.07) is 9.85. The van der Waals surface area contributed by atoms with Gasteiger partial charge in [0.25, 0.3) is 0 Å². The van der Waals surface area contributed by atoms with Crippen molar-refractivity contribution >= 4 is 5.69 Å². The van der Waals surface area contributed by atoms with Crippen LogP contribution in [-0.2, 0) is 6.61 Å². The lowest BCUT2D eigenvalue weighted by atomic mass is 10.1. The lowest BCUT2D eigenvalue weighted by molar-refractivity contribution is 0.171. The van der Waals surface area contributed by atoms with Gasteiger partial charge >= 0.3 is 0 Å². The van der Waals surface area contributed by atoms with Crippen molar-refractivity contribution in [3.63, 3.8) is 0 Å². The van der Waals surface area contributed by atoms with E-state index in [9.17, 15) is 0 Å². The topological polar surface area (TPSA) is 53.7 Å². The highest BCUT2D eigenvalue weighted by Gasteiger charge is 2.15. The van der Waals surface area contributed by atoms with Crippen LogP contribution in [0.15, 0.2) is 30.3 Å². The Hall–Kier alpha value is -2.36. The molecule has 0 amide bonds. The smallest absolute Gasteiger partial charge is 0.163 e. The highest BCUT2D eigenvalue weighted by molar-refractivity contribution is 5.58. The zero-order valence-corrected chi connectivity index (χ0v) is 12.3. The van der Waals surface area contributed by atoms with E-state index in [1.807, 2.05) is 26.0 Å². The van der Waals surface area contributed by atoms with Crippen molar-refractivity contribution in [3.8, 4) is 17.2 Å². The van der Waals surface area contributed by atoms with Gasteiger partial charge in [-0.05, 0) is 37.1 Å². The molecule has 3 rings (SSSR count). The summed E-state index contributed by atoms with van der Waals surface area (Å²) >= 11 is 0. The summed E-state index contributed by atoms with van der Waals surface area (Å²) in [5.74, 6) is 2.31. The van der Waals surface area contributed by atoms with E-state index in [1.165, 1.54) is 5.56 Å². The average molecular weight is 285 g/mol. The monoisotopic (exact) mass is 285 g/mol. The van der Waals surface area contributed by atoms with Gasteiger partial charge in [-0.25, -0.2) is 0 Å². The van der Waals surface area contributed by atoms with Crippen LogP contribution >= 0.6 is 0 Å². The Morgan fingerprint density at radius 3 is 2.52 bits per heavy atom. The zero-order chi connectivity index (χ0) is 14.8. The van der Waals surface area contributed by atoms with E-state index in [4.69, 9.17) is 19.9 Å². The number of fused-ring (bicyclic) bond motifs is 1. The molecule has 4 heteroatoms. The van der Waals surface area contributed by atoms with E-state index in [0.29, 0.717) is 31.3 Å². The van der Waals surface area contributed by atoms with Crippen molar-refractivity contribution in [2.75, 3.05) is 18.9 Å².